The topological polar surface area (TPSA) is 135 Å². The van der Waals surface area contributed by atoms with Crippen molar-refractivity contribution in [3.8, 4) is 0 Å². The summed E-state index contributed by atoms with van der Waals surface area (Å²) in [6.07, 6.45) is 4.10. The normalized spacial score (nSPS) is 16.8. The van der Waals surface area contributed by atoms with Crippen LogP contribution in [0.15, 0.2) is 35.3 Å². The fourth-order valence-electron chi connectivity index (χ4n) is 4.53. The molecule has 1 aliphatic carbocycles. The predicted octanol–water partition coefficient (Wildman–Crippen LogP) is 1.52. The van der Waals surface area contributed by atoms with Crippen LogP contribution in [-0.4, -0.2) is 57.6 Å². The summed E-state index contributed by atoms with van der Waals surface area (Å²) >= 11 is 0. The second-order valence-corrected chi connectivity index (χ2v) is 8.55. The Labute approximate surface area is 191 Å². The van der Waals surface area contributed by atoms with E-state index in [4.69, 9.17) is 11.5 Å². The van der Waals surface area contributed by atoms with E-state index < -0.39 is 11.3 Å². The van der Waals surface area contributed by atoms with Crippen LogP contribution < -0.4 is 27.1 Å². The zero-order valence-electron chi connectivity index (χ0n) is 18.6. The Kier molecular flexibility index (Phi) is 5.37. The molecule has 1 aliphatic heterocycles. The maximum atomic E-state index is 12.7. The Hall–Kier alpha value is -3.66. The highest BCUT2D eigenvalue weighted by Gasteiger charge is 2.31. The van der Waals surface area contributed by atoms with Gasteiger partial charge >= 0.3 is 0 Å². The van der Waals surface area contributed by atoms with E-state index in [1.807, 2.05) is 19.1 Å². The van der Waals surface area contributed by atoms with Crippen molar-refractivity contribution >= 4 is 40.1 Å². The number of fused-ring (bicyclic) bond motifs is 1. The van der Waals surface area contributed by atoms with Gasteiger partial charge in [0.25, 0.3) is 5.91 Å². The van der Waals surface area contributed by atoms with E-state index in [0.717, 1.165) is 37.9 Å². The van der Waals surface area contributed by atoms with E-state index in [-0.39, 0.29) is 16.8 Å². The molecular weight excluding hydrogens is 420 g/mol. The molecule has 0 bridgehead atoms. The van der Waals surface area contributed by atoms with E-state index >= 15 is 0 Å². The fraction of sp³-hybridized carbons (Fsp3) is 0.391. The van der Waals surface area contributed by atoms with Gasteiger partial charge in [-0.2, -0.15) is 4.98 Å². The summed E-state index contributed by atoms with van der Waals surface area (Å²) in [5.41, 5.74) is 13.0. The Morgan fingerprint density at radius 1 is 1.15 bits per heavy atom. The molecule has 0 spiro atoms. The van der Waals surface area contributed by atoms with E-state index in [9.17, 15) is 9.59 Å². The number of nitrogens with one attached hydrogen (secondary N) is 1. The number of carbonyl (C=O) groups excluding carboxylic acids is 1. The highest BCUT2D eigenvalue weighted by Crippen LogP contribution is 2.29. The number of pyridine rings is 1. The van der Waals surface area contributed by atoms with Gasteiger partial charge in [0, 0.05) is 56.3 Å². The first-order chi connectivity index (χ1) is 16.0. The van der Waals surface area contributed by atoms with Crippen LogP contribution in [0.1, 0.15) is 30.1 Å². The molecule has 3 heterocycles. The molecule has 1 aromatic carbocycles. The number of benzene rings is 1. The number of nitrogen functional groups attached to an aromatic ring is 1. The molecule has 172 valence electrons. The van der Waals surface area contributed by atoms with Crippen LogP contribution >= 0.6 is 0 Å². The Morgan fingerprint density at radius 3 is 2.45 bits per heavy atom. The number of primary amides is 1. The van der Waals surface area contributed by atoms with Crippen molar-refractivity contribution < 1.29 is 4.79 Å². The first-order valence-corrected chi connectivity index (χ1v) is 11.3. The lowest BCUT2D eigenvalue weighted by Gasteiger charge is -2.36. The largest absolute Gasteiger partial charge is 0.384 e. The van der Waals surface area contributed by atoms with Crippen molar-refractivity contribution in [1.82, 2.24) is 19.4 Å². The van der Waals surface area contributed by atoms with Crippen LogP contribution in [0.5, 0.6) is 0 Å². The summed E-state index contributed by atoms with van der Waals surface area (Å²) in [6.45, 7) is 6.59. The number of rotatable bonds is 6. The highest BCUT2D eigenvalue weighted by molar-refractivity contribution is 6.00. The molecule has 1 saturated heterocycles. The average Bonchev–Trinajstić information content (AvgIpc) is 3.65. The number of aryl methyl sites for hydroxylation is 1. The van der Waals surface area contributed by atoms with Gasteiger partial charge in [-0.1, -0.05) is 0 Å². The van der Waals surface area contributed by atoms with Crippen molar-refractivity contribution in [3.63, 3.8) is 0 Å². The first kappa shape index (κ1) is 21.2. The van der Waals surface area contributed by atoms with Gasteiger partial charge in [0.05, 0.1) is 5.39 Å². The van der Waals surface area contributed by atoms with Gasteiger partial charge in [0.15, 0.2) is 5.65 Å². The van der Waals surface area contributed by atoms with Crippen molar-refractivity contribution in [2.75, 3.05) is 42.1 Å². The minimum atomic E-state index is -0.863. The standard InChI is InChI=1S/C23H28N8O2/c1-2-31-20(24)18(21(25)33)19(32)17-13-26-23(28-22(17)31)27-14-3-5-15(6-4-14)29-9-11-30(12-10-29)16-7-8-16/h3-6,13,16H,2,7-12,24H2,1H3,(H2,25,33)(H,26,27,28). The molecule has 2 aliphatic rings. The number of hydrogen-bond acceptors (Lipinski definition) is 8. The van der Waals surface area contributed by atoms with Gasteiger partial charge < -0.3 is 26.3 Å². The number of amides is 1. The monoisotopic (exact) mass is 448 g/mol. The van der Waals surface area contributed by atoms with Gasteiger partial charge in [0.2, 0.25) is 11.4 Å². The molecule has 5 rings (SSSR count). The second kappa shape index (κ2) is 8.36. The molecule has 0 radical (unpaired) electrons. The summed E-state index contributed by atoms with van der Waals surface area (Å²) in [7, 11) is 0. The quantitative estimate of drug-likeness (QED) is 0.516. The molecule has 1 saturated carbocycles. The zero-order valence-corrected chi connectivity index (χ0v) is 18.6. The Bertz CT molecular complexity index is 1260. The van der Waals surface area contributed by atoms with Crippen LogP contribution in [0.3, 0.4) is 0 Å². The molecular formula is C23H28N8O2. The minimum absolute atomic E-state index is 0.0123. The second-order valence-electron chi connectivity index (χ2n) is 8.55. The molecule has 1 amide bonds. The molecule has 5 N–H and O–H groups in total. The SMILES string of the molecule is CCn1c(N)c(C(N)=O)c(=O)c2cnc(Nc3ccc(N4CCN(C5CC5)CC4)cc3)nc21. The fourth-order valence-corrected chi connectivity index (χ4v) is 4.53. The van der Waals surface area contributed by atoms with Gasteiger partial charge in [-0.25, -0.2) is 4.98 Å². The molecule has 2 aromatic heterocycles. The van der Waals surface area contributed by atoms with Gasteiger partial charge in [0.1, 0.15) is 11.4 Å². The number of piperazine rings is 1. The minimum Gasteiger partial charge on any atom is -0.384 e. The third-order valence-corrected chi connectivity index (χ3v) is 6.47. The Morgan fingerprint density at radius 2 is 1.85 bits per heavy atom. The third-order valence-electron chi connectivity index (χ3n) is 6.47. The molecule has 0 atom stereocenters. The van der Waals surface area contributed by atoms with E-state index in [1.54, 1.807) is 4.57 Å². The van der Waals surface area contributed by atoms with Crippen molar-refractivity contribution in [2.45, 2.75) is 32.4 Å². The lowest BCUT2D eigenvalue weighted by atomic mass is 10.1. The summed E-state index contributed by atoms with van der Waals surface area (Å²) in [5.74, 6) is -0.516. The van der Waals surface area contributed by atoms with Crippen molar-refractivity contribution in [3.05, 3.63) is 46.2 Å². The summed E-state index contributed by atoms with van der Waals surface area (Å²) < 4.78 is 1.59. The maximum Gasteiger partial charge on any atom is 0.256 e. The number of nitrogens with two attached hydrogens (primary N) is 2. The highest BCUT2D eigenvalue weighted by atomic mass is 16.2. The van der Waals surface area contributed by atoms with E-state index in [2.05, 4.69) is 37.2 Å². The number of nitrogens with zero attached hydrogens (tertiary/aromatic N) is 5. The van der Waals surface area contributed by atoms with Crippen LogP contribution in [0.25, 0.3) is 11.0 Å². The predicted molar refractivity (Wildman–Crippen MR) is 129 cm³/mol. The lowest BCUT2D eigenvalue weighted by molar-refractivity contribution is 0.1000. The lowest BCUT2D eigenvalue weighted by Crippen LogP contribution is -2.47. The molecule has 3 aromatic rings. The summed E-state index contributed by atoms with van der Waals surface area (Å²) in [5, 5.41) is 3.39. The first-order valence-electron chi connectivity index (χ1n) is 11.3. The van der Waals surface area contributed by atoms with E-state index in [0.29, 0.717) is 18.1 Å². The van der Waals surface area contributed by atoms with Gasteiger partial charge in [-0.15, -0.1) is 0 Å². The molecule has 10 nitrogen and oxygen atoms in total. The molecule has 33 heavy (non-hydrogen) atoms. The van der Waals surface area contributed by atoms with Crippen LogP contribution in [-0.2, 0) is 6.54 Å². The van der Waals surface area contributed by atoms with Crippen molar-refractivity contribution in [1.29, 1.82) is 0 Å². The summed E-state index contributed by atoms with van der Waals surface area (Å²) in [4.78, 5) is 38.2. The molecule has 2 fully saturated rings. The smallest absolute Gasteiger partial charge is 0.256 e. The van der Waals surface area contributed by atoms with E-state index in [1.165, 1.54) is 24.7 Å². The zero-order chi connectivity index (χ0) is 23.1. The number of aromatic nitrogens is 3. The van der Waals surface area contributed by atoms with Crippen LogP contribution in [0.2, 0.25) is 0 Å². The van der Waals surface area contributed by atoms with Gasteiger partial charge in [-0.3, -0.25) is 14.5 Å². The number of hydrogen-bond donors (Lipinski definition) is 3. The number of anilines is 4. The van der Waals surface area contributed by atoms with Crippen LogP contribution in [0, 0.1) is 0 Å². The summed E-state index contributed by atoms with van der Waals surface area (Å²) in [6, 6.07) is 8.99. The average molecular weight is 449 g/mol. The van der Waals surface area contributed by atoms with Crippen LogP contribution in [0.4, 0.5) is 23.1 Å². The molecule has 10 heteroatoms. The molecule has 0 unspecified atom stereocenters. The maximum absolute atomic E-state index is 12.7. The van der Waals surface area contributed by atoms with Crippen molar-refractivity contribution in [2.24, 2.45) is 5.73 Å². The number of carbonyl (C=O) groups is 1. The van der Waals surface area contributed by atoms with Gasteiger partial charge in [-0.05, 0) is 44.0 Å². The Balaban J connectivity index is 1.36. The third kappa shape index (κ3) is 3.97.